The third kappa shape index (κ3) is 4.50. The van der Waals surface area contributed by atoms with Gasteiger partial charge in [-0.1, -0.05) is 34.1 Å². The molecule has 2 aromatic rings. The van der Waals surface area contributed by atoms with Crippen LogP contribution in [0.1, 0.15) is 16.7 Å². The van der Waals surface area contributed by atoms with E-state index in [9.17, 15) is 18.0 Å². The van der Waals surface area contributed by atoms with Gasteiger partial charge in [-0.15, -0.1) is 0 Å². The molecule has 0 unspecified atom stereocenters. The first kappa shape index (κ1) is 18.3. The molecule has 0 aliphatic heterocycles. The van der Waals surface area contributed by atoms with Gasteiger partial charge < -0.3 is 10.6 Å². The van der Waals surface area contributed by atoms with Gasteiger partial charge >= 0.3 is 6.18 Å². The second-order valence-electron chi connectivity index (χ2n) is 5.36. The van der Waals surface area contributed by atoms with Crippen molar-refractivity contribution in [2.75, 3.05) is 17.2 Å². The average molecular weight is 401 g/mol. The van der Waals surface area contributed by atoms with Crippen LogP contribution in [-0.4, -0.2) is 12.5 Å². The fourth-order valence-electron chi connectivity index (χ4n) is 2.23. The number of alkyl halides is 3. The molecule has 2 aromatic carbocycles. The number of aryl methyl sites for hydroxylation is 2. The third-order valence-electron chi connectivity index (χ3n) is 3.47. The molecule has 0 spiro atoms. The maximum Gasteiger partial charge on any atom is 0.417 e. The van der Waals surface area contributed by atoms with E-state index in [4.69, 9.17) is 0 Å². The highest BCUT2D eigenvalue weighted by Crippen LogP contribution is 2.36. The van der Waals surface area contributed by atoms with Crippen LogP contribution in [0.25, 0.3) is 0 Å². The summed E-state index contributed by atoms with van der Waals surface area (Å²) in [7, 11) is 0. The largest absolute Gasteiger partial charge is 0.417 e. The van der Waals surface area contributed by atoms with Crippen molar-refractivity contribution in [1.82, 2.24) is 0 Å². The number of hydrogen-bond donors (Lipinski definition) is 2. The highest BCUT2D eigenvalue weighted by atomic mass is 79.9. The van der Waals surface area contributed by atoms with E-state index in [0.717, 1.165) is 22.9 Å². The van der Waals surface area contributed by atoms with Crippen molar-refractivity contribution in [3.05, 3.63) is 57.6 Å². The van der Waals surface area contributed by atoms with Crippen molar-refractivity contribution in [2.45, 2.75) is 20.0 Å². The molecular formula is C17H16BrF3N2O. The number of nitrogens with one attached hydrogen (secondary N) is 2. The van der Waals surface area contributed by atoms with Crippen LogP contribution in [0.2, 0.25) is 0 Å². The van der Waals surface area contributed by atoms with Crippen LogP contribution in [-0.2, 0) is 11.0 Å². The van der Waals surface area contributed by atoms with E-state index in [0.29, 0.717) is 0 Å². The zero-order valence-electron chi connectivity index (χ0n) is 13.1. The van der Waals surface area contributed by atoms with Gasteiger partial charge in [0.25, 0.3) is 0 Å². The van der Waals surface area contributed by atoms with Crippen LogP contribution >= 0.6 is 15.9 Å². The van der Waals surface area contributed by atoms with Gasteiger partial charge in [-0.25, -0.2) is 0 Å². The van der Waals surface area contributed by atoms with E-state index in [1.807, 2.05) is 32.0 Å². The van der Waals surface area contributed by atoms with Crippen molar-refractivity contribution in [1.29, 1.82) is 0 Å². The molecule has 0 saturated heterocycles. The summed E-state index contributed by atoms with van der Waals surface area (Å²) in [5, 5.41) is 5.48. The van der Waals surface area contributed by atoms with Crippen LogP contribution in [0.15, 0.2) is 40.9 Å². The Labute approximate surface area is 146 Å². The predicted octanol–water partition coefficient (Wildman–Crippen LogP) is 5.14. The Morgan fingerprint density at radius 2 is 1.75 bits per heavy atom. The monoisotopic (exact) mass is 400 g/mol. The lowest BCUT2D eigenvalue weighted by Crippen LogP contribution is -2.22. The molecule has 0 heterocycles. The van der Waals surface area contributed by atoms with Gasteiger partial charge in [0.05, 0.1) is 12.1 Å². The zero-order chi connectivity index (χ0) is 17.9. The maximum atomic E-state index is 12.9. The topological polar surface area (TPSA) is 41.1 Å². The molecular weight excluding hydrogens is 385 g/mol. The first-order chi connectivity index (χ1) is 11.2. The molecule has 7 heteroatoms. The van der Waals surface area contributed by atoms with Gasteiger partial charge in [0, 0.05) is 15.8 Å². The number of carbonyl (C=O) groups is 1. The van der Waals surface area contributed by atoms with Crippen molar-refractivity contribution >= 4 is 33.2 Å². The first-order valence-electron chi connectivity index (χ1n) is 7.15. The zero-order valence-corrected chi connectivity index (χ0v) is 14.7. The molecule has 2 rings (SSSR count). The normalized spacial score (nSPS) is 11.2. The Kier molecular flexibility index (Phi) is 5.54. The molecule has 0 radical (unpaired) electrons. The predicted molar refractivity (Wildman–Crippen MR) is 92.2 cm³/mol. The fraction of sp³-hybridized carbons (Fsp3) is 0.235. The van der Waals surface area contributed by atoms with Crippen LogP contribution in [0.4, 0.5) is 24.5 Å². The molecule has 128 valence electrons. The lowest BCUT2D eigenvalue weighted by molar-refractivity contribution is -0.138. The Bertz CT molecular complexity index is 740. The lowest BCUT2D eigenvalue weighted by atomic mass is 10.1. The van der Waals surface area contributed by atoms with Gasteiger partial charge in [0.1, 0.15) is 0 Å². The van der Waals surface area contributed by atoms with Crippen molar-refractivity contribution in [3.63, 3.8) is 0 Å². The Morgan fingerprint density at radius 1 is 1.12 bits per heavy atom. The summed E-state index contributed by atoms with van der Waals surface area (Å²) in [4.78, 5) is 12.0. The summed E-state index contributed by atoms with van der Waals surface area (Å²) in [6.45, 7) is 3.62. The van der Waals surface area contributed by atoms with E-state index >= 15 is 0 Å². The second-order valence-corrected chi connectivity index (χ2v) is 6.22. The van der Waals surface area contributed by atoms with E-state index in [-0.39, 0.29) is 22.6 Å². The average Bonchev–Trinajstić information content (AvgIpc) is 2.49. The number of carbonyl (C=O) groups excluding carboxylic acids is 1. The highest BCUT2D eigenvalue weighted by molar-refractivity contribution is 9.10. The van der Waals surface area contributed by atoms with Gasteiger partial charge in [-0.2, -0.15) is 13.2 Å². The van der Waals surface area contributed by atoms with Crippen molar-refractivity contribution in [2.24, 2.45) is 0 Å². The number of amides is 1. The van der Waals surface area contributed by atoms with E-state index in [1.165, 1.54) is 12.1 Å². The van der Waals surface area contributed by atoms with Crippen LogP contribution in [0, 0.1) is 13.8 Å². The van der Waals surface area contributed by atoms with Crippen LogP contribution < -0.4 is 10.6 Å². The van der Waals surface area contributed by atoms with E-state index in [2.05, 4.69) is 26.6 Å². The highest BCUT2D eigenvalue weighted by Gasteiger charge is 2.33. The van der Waals surface area contributed by atoms with Crippen LogP contribution in [0.3, 0.4) is 0 Å². The quantitative estimate of drug-likeness (QED) is 0.746. The van der Waals surface area contributed by atoms with Crippen LogP contribution in [0.5, 0.6) is 0 Å². The Balaban J connectivity index is 2.05. The molecule has 0 aliphatic rings. The number of rotatable bonds is 4. The smallest absolute Gasteiger partial charge is 0.376 e. The first-order valence-corrected chi connectivity index (χ1v) is 7.94. The molecule has 0 fully saturated rings. The summed E-state index contributed by atoms with van der Waals surface area (Å²) in [5.41, 5.74) is 2.00. The summed E-state index contributed by atoms with van der Waals surface area (Å²) in [6.07, 6.45) is -4.46. The summed E-state index contributed by atoms with van der Waals surface area (Å²) in [5.74, 6) is -0.330. The second kappa shape index (κ2) is 7.25. The maximum absolute atomic E-state index is 12.9. The standard InChI is InChI=1S/C17H16BrF3N2O/c1-10-4-3-5-11(2)16(10)23-15(24)9-22-12-6-7-14(18)13(8-12)17(19,20)21/h3-8,22H,9H2,1-2H3,(H,23,24). The molecule has 0 saturated carbocycles. The van der Waals surface area contributed by atoms with Crippen molar-refractivity contribution in [3.8, 4) is 0 Å². The minimum Gasteiger partial charge on any atom is -0.376 e. The summed E-state index contributed by atoms with van der Waals surface area (Å²) < 4.78 is 38.6. The van der Waals surface area contributed by atoms with E-state index in [1.54, 1.807) is 0 Å². The minimum absolute atomic E-state index is 0.0412. The number of hydrogen-bond acceptors (Lipinski definition) is 2. The molecule has 0 aromatic heterocycles. The molecule has 2 N–H and O–H groups in total. The minimum atomic E-state index is -4.46. The fourth-order valence-corrected chi connectivity index (χ4v) is 2.70. The molecule has 1 amide bonds. The molecule has 0 aliphatic carbocycles. The van der Waals surface area contributed by atoms with Crippen molar-refractivity contribution < 1.29 is 18.0 Å². The van der Waals surface area contributed by atoms with Gasteiger partial charge in [-0.05, 0) is 43.2 Å². The molecule has 0 bridgehead atoms. The number of anilines is 2. The van der Waals surface area contributed by atoms with Gasteiger partial charge in [0.2, 0.25) is 5.91 Å². The van der Waals surface area contributed by atoms with E-state index < -0.39 is 11.7 Å². The summed E-state index contributed by atoms with van der Waals surface area (Å²) in [6, 6.07) is 9.39. The van der Waals surface area contributed by atoms with Gasteiger partial charge in [-0.3, -0.25) is 4.79 Å². The Morgan fingerprint density at radius 3 is 2.33 bits per heavy atom. The Hall–Kier alpha value is -2.02. The third-order valence-corrected chi connectivity index (χ3v) is 4.16. The van der Waals surface area contributed by atoms with Gasteiger partial charge in [0.15, 0.2) is 0 Å². The SMILES string of the molecule is Cc1cccc(C)c1NC(=O)CNc1ccc(Br)c(C(F)(F)F)c1. The molecule has 24 heavy (non-hydrogen) atoms. The molecule has 3 nitrogen and oxygen atoms in total. The number of benzene rings is 2. The lowest BCUT2D eigenvalue weighted by Gasteiger charge is -2.14. The number of halogens is 4. The number of para-hydroxylation sites is 1. The summed E-state index contributed by atoms with van der Waals surface area (Å²) >= 11 is 2.88. The molecule has 0 atom stereocenters.